The number of likely N-dealkylation sites (tertiary alicyclic amines) is 1. The van der Waals surface area contributed by atoms with Gasteiger partial charge in [0.2, 0.25) is 0 Å². The Hall–Kier alpha value is -3.59. The van der Waals surface area contributed by atoms with Crippen LogP contribution in [0.4, 0.5) is 0 Å². The molecule has 6 nitrogen and oxygen atoms in total. The highest BCUT2D eigenvalue weighted by molar-refractivity contribution is 5.97. The largest absolute Gasteiger partial charge is 0.466 e. The molecule has 1 fully saturated rings. The van der Waals surface area contributed by atoms with Gasteiger partial charge in [-0.15, -0.1) is 0 Å². The minimum atomic E-state index is -0.322. The van der Waals surface area contributed by atoms with E-state index in [1.54, 1.807) is 11.8 Å². The Labute approximate surface area is 183 Å². The van der Waals surface area contributed by atoms with Crippen LogP contribution >= 0.6 is 0 Å². The zero-order valence-electron chi connectivity index (χ0n) is 17.7. The molecule has 1 amide bonds. The molecule has 1 saturated heterocycles. The molecular weight excluding hydrogens is 390 g/mol. The van der Waals surface area contributed by atoms with Crippen molar-refractivity contribution in [2.75, 3.05) is 19.7 Å². The van der Waals surface area contributed by atoms with Gasteiger partial charge in [0, 0.05) is 19.3 Å². The van der Waals surface area contributed by atoms with E-state index in [4.69, 9.17) is 4.74 Å². The van der Waals surface area contributed by atoms with Gasteiger partial charge in [0.15, 0.2) is 0 Å². The molecule has 0 saturated carbocycles. The molecule has 0 unspecified atom stereocenters. The molecule has 1 aliphatic heterocycles. The molecule has 2 aromatic carbocycles. The van der Waals surface area contributed by atoms with Crippen LogP contribution in [0.25, 0.3) is 0 Å². The van der Waals surface area contributed by atoms with Crippen LogP contribution in [0, 0.1) is 17.2 Å². The predicted molar refractivity (Wildman–Crippen MR) is 117 cm³/mol. The quantitative estimate of drug-likeness (QED) is 0.423. The van der Waals surface area contributed by atoms with Crippen molar-refractivity contribution in [1.82, 2.24) is 10.2 Å². The molecule has 6 heteroatoms. The van der Waals surface area contributed by atoms with Gasteiger partial charge >= 0.3 is 5.97 Å². The molecule has 0 atom stereocenters. The summed E-state index contributed by atoms with van der Waals surface area (Å²) in [6.07, 6.45) is 2.60. The maximum absolute atomic E-state index is 12.9. The number of piperidine rings is 1. The van der Waals surface area contributed by atoms with Gasteiger partial charge < -0.3 is 15.0 Å². The molecular formula is C25H27N3O3. The Morgan fingerprint density at radius 1 is 1.10 bits per heavy atom. The highest BCUT2D eigenvalue weighted by Crippen LogP contribution is 2.23. The molecule has 1 aliphatic rings. The van der Waals surface area contributed by atoms with Crippen molar-refractivity contribution in [3.63, 3.8) is 0 Å². The first-order valence-electron chi connectivity index (χ1n) is 10.6. The van der Waals surface area contributed by atoms with Crippen molar-refractivity contribution in [2.45, 2.75) is 25.8 Å². The number of benzene rings is 2. The molecule has 0 aliphatic carbocycles. The molecule has 0 spiro atoms. The van der Waals surface area contributed by atoms with Crippen LogP contribution in [0.15, 0.2) is 72.4 Å². The lowest BCUT2D eigenvalue weighted by molar-refractivity contribution is -0.150. The summed E-state index contributed by atoms with van der Waals surface area (Å²) < 4.78 is 5.08. The third-order valence-corrected chi connectivity index (χ3v) is 5.41. The van der Waals surface area contributed by atoms with Crippen molar-refractivity contribution < 1.29 is 14.3 Å². The van der Waals surface area contributed by atoms with E-state index in [1.165, 1.54) is 6.20 Å². The Balaban J connectivity index is 1.71. The van der Waals surface area contributed by atoms with Crippen molar-refractivity contribution in [2.24, 2.45) is 5.92 Å². The van der Waals surface area contributed by atoms with Crippen LogP contribution < -0.4 is 5.32 Å². The van der Waals surface area contributed by atoms with Crippen LogP contribution in [-0.2, 0) is 14.3 Å². The average molecular weight is 418 g/mol. The zero-order chi connectivity index (χ0) is 22.1. The fourth-order valence-electron chi connectivity index (χ4n) is 3.73. The van der Waals surface area contributed by atoms with Gasteiger partial charge in [0.05, 0.1) is 18.6 Å². The number of hydrogen-bond donors (Lipinski definition) is 1. The number of nitriles is 1. The van der Waals surface area contributed by atoms with Crippen molar-refractivity contribution in [3.8, 4) is 6.07 Å². The van der Waals surface area contributed by atoms with Crippen molar-refractivity contribution in [3.05, 3.63) is 83.6 Å². The lowest BCUT2D eigenvalue weighted by Crippen LogP contribution is -2.41. The Morgan fingerprint density at radius 3 is 2.13 bits per heavy atom. The number of carbonyl (C=O) groups excluding carboxylic acids is 2. The van der Waals surface area contributed by atoms with Crippen molar-refractivity contribution >= 4 is 11.9 Å². The first-order valence-corrected chi connectivity index (χ1v) is 10.6. The molecule has 0 radical (unpaired) electrons. The van der Waals surface area contributed by atoms with Gasteiger partial charge in [-0.05, 0) is 30.9 Å². The van der Waals surface area contributed by atoms with Crippen LogP contribution in [-0.4, -0.2) is 36.5 Å². The number of ether oxygens (including phenoxy) is 1. The molecule has 1 N–H and O–H groups in total. The average Bonchev–Trinajstić information content (AvgIpc) is 2.83. The number of esters is 1. The minimum Gasteiger partial charge on any atom is -0.466 e. The van der Waals surface area contributed by atoms with Crippen LogP contribution in [0.2, 0.25) is 0 Å². The van der Waals surface area contributed by atoms with Gasteiger partial charge in [0.25, 0.3) is 5.91 Å². The van der Waals surface area contributed by atoms with Gasteiger partial charge in [-0.2, -0.15) is 5.26 Å². The summed E-state index contributed by atoms with van der Waals surface area (Å²) in [5.74, 6) is -0.713. The van der Waals surface area contributed by atoms with Crippen LogP contribution in [0.5, 0.6) is 0 Å². The molecule has 0 bridgehead atoms. The van der Waals surface area contributed by atoms with Crippen LogP contribution in [0.1, 0.15) is 36.9 Å². The summed E-state index contributed by atoms with van der Waals surface area (Å²) >= 11 is 0. The summed E-state index contributed by atoms with van der Waals surface area (Å²) in [4.78, 5) is 26.4. The first-order chi connectivity index (χ1) is 15.1. The third-order valence-electron chi connectivity index (χ3n) is 5.41. The number of amides is 1. The van der Waals surface area contributed by atoms with E-state index >= 15 is 0 Å². The van der Waals surface area contributed by atoms with Gasteiger partial charge in [-0.25, -0.2) is 0 Å². The normalized spacial score (nSPS) is 14.7. The highest BCUT2D eigenvalue weighted by Gasteiger charge is 2.29. The monoisotopic (exact) mass is 417 g/mol. The molecule has 3 rings (SSSR count). The topological polar surface area (TPSA) is 82.4 Å². The first kappa shape index (κ1) is 22.1. The molecule has 2 aromatic rings. The lowest BCUT2D eigenvalue weighted by Gasteiger charge is -2.30. The fourth-order valence-corrected chi connectivity index (χ4v) is 3.73. The maximum Gasteiger partial charge on any atom is 0.309 e. The number of hydrogen-bond acceptors (Lipinski definition) is 5. The molecule has 0 aromatic heterocycles. The Morgan fingerprint density at radius 2 is 1.65 bits per heavy atom. The second-order valence-corrected chi connectivity index (χ2v) is 7.41. The summed E-state index contributed by atoms with van der Waals surface area (Å²) in [6, 6.07) is 21.6. The van der Waals surface area contributed by atoms with E-state index in [9.17, 15) is 14.9 Å². The lowest BCUT2D eigenvalue weighted by atomic mass is 9.96. The van der Waals surface area contributed by atoms with Gasteiger partial charge in [-0.3, -0.25) is 9.59 Å². The number of rotatable bonds is 7. The summed E-state index contributed by atoms with van der Waals surface area (Å²) in [5, 5.41) is 12.9. The van der Waals surface area contributed by atoms with Crippen molar-refractivity contribution in [1.29, 1.82) is 5.26 Å². The van der Waals surface area contributed by atoms with Gasteiger partial charge in [0.1, 0.15) is 11.6 Å². The standard InChI is InChI=1S/C25H27N3O3/c1-2-31-25(30)21-13-15-28(16-14-21)24(29)22(17-26)18-27-23(19-9-5-3-6-10-19)20-11-7-4-8-12-20/h3-12,18,21,23,27H,2,13-16H2,1H3/b22-18-. The summed E-state index contributed by atoms with van der Waals surface area (Å²) in [5.41, 5.74) is 2.11. The fraction of sp³-hybridized carbons (Fsp3) is 0.320. The summed E-state index contributed by atoms with van der Waals surface area (Å²) in [7, 11) is 0. The van der Waals surface area contributed by atoms with E-state index in [0.717, 1.165) is 11.1 Å². The zero-order valence-corrected chi connectivity index (χ0v) is 17.7. The Bertz CT molecular complexity index is 903. The highest BCUT2D eigenvalue weighted by atomic mass is 16.5. The molecule has 31 heavy (non-hydrogen) atoms. The van der Waals surface area contributed by atoms with E-state index in [0.29, 0.717) is 32.5 Å². The number of nitrogens with one attached hydrogen (secondary N) is 1. The predicted octanol–water partition coefficient (Wildman–Crippen LogP) is 3.57. The Kier molecular flexibility index (Phi) is 7.83. The van der Waals surface area contributed by atoms with Crippen LogP contribution in [0.3, 0.4) is 0 Å². The van der Waals surface area contributed by atoms with Gasteiger partial charge in [-0.1, -0.05) is 60.7 Å². The second kappa shape index (κ2) is 11.0. The molecule has 160 valence electrons. The smallest absolute Gasteiger partial charge is 0.309 e. The maximum atomic E-state index is 12.9. The van der Waals surface area contributed by atoms with E-state index in [1.807, 2.05) is 66.7 Å². The SMILES string of the molecule is CCOC(=O)C1CCN(C(=O)/C(C#N)=C\NC(c2ccccc2)c2ccccc2)CC1. The summed E-state index contributed by atoms with van der Waals surface area (Å²) in [6.45, 7) is 3.00. The minimum absolute atomic E-state index is 0.0476. The number of nitrogens with zero attached hydrogens (tertiary/aromatic N) is 2. The van der Waals surface area contributed by atoms with E-state index < -0.39 is 0 Å². The second-order valence-electron chi connectivity index (χ2n) is 7.41. The third kappa shape index (κ3) is 5.73. The number of carbonyl (C=O) groups is 2. The molecule has 1 heterocycles. The van der Waals surface area contributed by atoms with E-state index in [-0.39, 0.29) is 29.4 Å². The van der Waals surface area contributed by atoms with E-state index in [2.05, 4.69) is 5.32 Å².